The maximum Gasteiger partial charge on any atom is 0.121 e. The first-order chi connectivity index (χ1) is 10.2. The largest absolute Gasteiger partial charge is 0.494 e. The van der Waals surface area contributed by atoms with Crippen LogP contribution in [-0.2, 0) is 0 Å². The molecule has 0 fully saturated rings. The second kappa shape index (κ2) is 10.2. The molecule has 1 atom stereocenters. The highest BCUT2D eigenvalue weighted by atomic mass is 16.5. The highest BCUT2D eigenvalue weighted by Crippen LogP contribution is 2.19. The molecule has 0 spiro atoms. The predicted molar refractivity (Wildman–Crippen MR) is 86.4 cm³/mol. The Morgan fingerprint density at radius 2 is 2.05 bits per heavy atom. The number of hydrogen-bond donors (Lipinski definition) is 1. The molecule has 0 saturated carbocycles. The molecule has 0 radical (unpaired) electrons. The van der Waals surface area contributed by atoms with Crippen molar-refractivity contribution < 1.29 is 4.74 Å². The van der Waals surface area contributed by atoms with Gasteiger partial charge in [0.1, 0.15) is 11.8 Å². The van der Waals surface area contributed by atoms with E-state index in [1.54, 1.807) is 0 Å². The molecular weight excluding hydrogens is 262 g/mol. The normalized spacial score (nSPS) is 12.1. The van der Waals surface area contributed by atoms with Crippen LogP contribution in [0.15, 0.2) is 24.3 Å². The van der Waals surface area contributed by atoms with Gasteiger partial charge in [-0.15, -0.1) is 0 Å². The highest BCUT2D eigenvalue weighted by Gasteiger charge is 2.11. The van der Waals surface area contributed by atoms with Crippen molar-refractivity contribution in [3.8, 4) is 11.8 Å². The van der Waals surface area contributed by atoms with Gasteiger partial charge >= 0.3 is 0 Å². The molecule has 1 aromatic rings. The molecule has 21 heavy (non-hydrogen) atoms. The monoisotopic (exact) mass is 289 g/mol. The molecule has 4 heteroatoms. The summed E-state index contributed by atoms with van der Waals surface area (Å²) in [6.07, 6.45) is 0.980. The van der Waals surface area contributed by atoms with Crippen molar-refractivity contribution in [1.29, 1.82) is 5.26 Å². The van der Waals surface area contributed by atoms with E-state index in [0.29, 0.717) is 6.61 Å². The predicted octanol–water partition coefficient (Wildman–Crippen LogP) is 2.97. The fourth-order valence-corrected chi connectivity index (χ4v) is 2.15. The number of benzene rings is 1. The van der Waals surface area contributed by atoms with Gasteiger partial charge in [-0.25, -0.2) is 0 Å². The van der Waals surface area contributed by atoms with Gasteiger partial charge in [-0.1, -0.05) is 32.9 Å². The molecular formula is C17H27N3O. The third kappa shape index (κ3) is 6.16. The van der Waals surface area contributed by atoms with Crippen LogP contribution in [0.4, 0.5) is 0 Å². The minimum Gasteiger partial charge on any atom is -0.494 e. The maximum atomic E-state index is 9.36. The van der Waals surface area contributed by atoms with Crippen LogP contribution in [0.2, 0.25) is 0 Å². The second-order valence-corrected chi connectivity index (χ2v) is 4.96. The number of nitrogens with zero attached hydrogens (tertiary/aromatic N) is 2. The topological polar surface area (TPSA) is 48.3 Å². The van der Waals surface area contributed by atoms with Gasteiger partial charge in [0.25, 0.3) is 0 Å². The van der Waals surface area contributed by atoms with Gasteiger partial charge in [-0.05, 0) is 37.2 Å². The molecule has 0 heterocycles. The SMILES string of the molecule is CCCOc1cccc(C(C#N)NCCN(CC)CC)c1. The lowest BCUT2D eigenvalue weighted by Crippen LogP contribution is -2.33. The van der Waals surface area contributed by atoms with E-state index in [1.165, 1.54) is 0 Å². The molecule has 0 aliphatic heterocycles. The van der Waals surface area contributed by atoms with Crippen molar-refractivity contribution >= 4 is 0 Å². The van der Waals surface area contributed by atoms with E-state index in [0.717, 1.165) is 43.9 Å². The lowest BCUT2D eigenvalue weighted by Gasteiger charge is -2.19. The fraction of sp³-hybridized carbons (Fsp3) is 0.588. The van der Waals surface area contributed by atoms with Crippen LogP contribution in [0.1, 0.15) is 38.8 Å². The third-order valence-corrected chi connectivity index (χ3v) is 3.46. The first kappa shape index (κ1) is 17.5. The van der Waals surface area contributed by atoms with Gasteiger partial charge in [0.2, 0.25) is 0 Å². The van der Waals surface area contributed by atoms with Gasteiger partial charge in [0.05, 0.1) is 12.7 Å². The summed E-state index contributed by atoms with van der Waals surface area (Å²) in [6.45, 7) is 10.9. The Balaban J connectivity index is 2.57. The van der Waals surface area contributed by atoms with Crippen molar-refractivity contribution in [2.24, 2.45) is 0 Å². The molecule has 1 aromatic carbocycles. The van der Waals surface area contributed by atoms with Crippen molar-refractivity contribution in [3.05, 3.63) is 29.8 Å². The van der Waals surface area contributed by atoms with E-state index < -0.39 is 0 Å². The third-order valence-electron chi connectivity index (χ3n) is 3.46. The number of rotatable bonds is 10. The van der Waals surface area contributed by atoms with Crippen LogP contribution >= 0.6 is 0 Å². The van der Waals surface area contributed by atoms with Crippen LogP contribution in [0.5, 0.6) is 5.75 Å². The molecule has 0 aromatic heterocycles. The van der Waals surface area contributed by atoms with Gasteiger partial charge in [-0.2, -0.15) is 5.26 Å². The molecule has 4 nitrogen and oxygen atoms in total. The summed E-state index contributed by atoms with van der Waals surface area (Å²) >= 11 is 0. The zero-order chi connectivity index (χ0) is 15.5. The Bertz CT molecular complexity index is 438. The molecule has 116 valence electrons. The highest BCUT2D eigenvalue weighted by molar-refractivity contribution is 5.33. The average molecular weight is 289 g/mol. The summed E-state index contributed by atoms with van der Waals surface area (Å²) in [7, 11) is 0. The Morgan fingerprint density at radius 3 is 2.67 bits per heavy atom. The zero-order valence-corrected chi connectivity index (χ0v) is 13.4. The van der Waals surface area contributed by atoms with Gasteiger partial charge in [0.15, 0.2) is 0 Å². The number of hydrogen-bond acceptors (Lipinski definition) is 4. The summed E-state index contributed by atoms with van der Waals surface area (Å²) < 4.78 is 5.62. The Kier molecular flexibility index (Phi) is 8.49. The van der Waals surface area contributed by atoms with E-state index >= 15 is 0 Å². The first-order valence-corrected chi connectivity index (χ1v) is 7.83. The molecule has 1 N–H and O–H groups in total. The Hall–Kier alpha value is -1.57. The van der Waals surface area contributed by atoms with Crippen LogP contribution in [0, 0.1) is 11.3 Å². The Labute approximate surface area is 128 Å². The van der Waals surface area contributed by atoms with E-state index in [4.69, 9.17) is 4.74 Å². The van der Waals surface area contributed by atoms with E-state index in [9.17, 15) is 5.26 Å². The summed E-state index contributed by atoms with van der Waals surface area (Å²) in [4.78, 5) is 2.34. The maximum absolute atomic E-state index is 9.36. The molecule has 0 aliphatic carbocycles. The summed E-state index contributed by atoms with van der Waals surface area (Å²) in [5, 5.41) is 12.7. The van der Waals surface area contributed by atoms with Crippen molar-refractivity contribution in [2.75, 3.05) is 32.8 Å². The minimum absolute atomic E-state index is 0.286. The molecule has 1 unspecified atom stereocenters. The van der Waals surface area contributed by atoms with Gasteiger partial charge < -0.3 is 9.64 Å². The van der Waals surface area contributed by atoms with E-state index in [2.05, 4.69) is 37.1 Å². The van der Waals surface area contributed by atoms with Crippen molar-refractivity contribution in [3.63, 3.8) is 0 Å². The molecule has 0 bridgehead atoms. The quantitative estimate of drug-likeness (QED) is 0.719. The first-order valence-electron chi connectivity index (χ1n) is 7.83. The Morgan fingerprint density at radius 1 is 1.29 bits per heavy atom. The standard InChI is InChI=1S/C17H27N3O/c1-4-12-21-16-9-7-8-15(13-16)17(14-18)19-10-11-20(5-2)6-3/h7-9,13,17,19H,4-6,10-12H2,1-3H3. The number of nitrogens with one attached hydrogen (secondary N) is 1. The zero-order valence-electron chi connectivity index (χ0n) is 13.4. The van der Waals surface area contributed by atoms with E-state index in [1.807, 2.05) is 24.3 Å². The summed E-state index contributed by atoms with van der Waals surface area (Å²) in [5.41, 5.74) is 0.964. The smallest absolute Gasteiger partial charge is 0.121 e. The molecule has 0 aliphatic rings. The van der Waals surface area contributed by atoms with Gasteiger partial charge in [-0.3, -0.25) is 5.32 Å². The van der Waals surface area contributed by atoms with Crippen LogP contribution in [0.25, 0.3) is 0 Å². The number of ether oxygens (including phenoxy) is 1. The van der Waals surface area contributed by atoms with Crippen molar-refractivity contribution in [2.45, 2.75) is 33.2 Å². The van der Waals surface area contributed by atoms with Crippen LogP contribution in [-0.4, -0.2) is 37.7 Å². The summed E-state index contributed by atoms with van der Waals surface area (Å²) in [6, 6.07) is 9.84. The second-order valence-electron chi connectivity index (χ2n) is 4.96. The summed E-state index contributed by atoms with van der Waals surface area (Å²) in [5.74, 6) is 0.833. The number of nitriles is 1. The average Bonchev–Trinajstić information content (AvgIpc) is 2.53. The lowest BCUT2D eigenvalue weighted by atomic mass is 10.1. The molecule has 0 amide bonds. The van der Waals surface area contributed by atoms with Crippen LogP contribution < -0.4 is 10.1 Å². The molecule has 0 saturated heterocycles. The van der Waals surface area contributed by atoms with Crippen LogP contribution in [0.3, 0.4) is 0 Å². The number of likely N-dealkylation sites (N-methyl/N-ethyl adjacent to an activating group) is 1. The van der Waals surface area contributed by atoms with Gasteiger partial charge in [0, 0.05) is 13.1 Å². The lowest BCUT2D eigenvalue weighted by molar-refractivity contribution is 0.300. The molecule has 1 rings (SSSR count). The van der Waals surface area contributed by atoms with Crippen molar-refractivity contribution in [1.82, 2.24) is 10.2 Å². The fourth-order valence-electron chi connectivity index (χ4n) is 2.15. The van der Waals surface area contributed by atoms with E-state index in [-0.39, 0.29) is 6.04 Å². The minimum atomic E-state index is -0.286.